The molecule has 0 unspecified atom stereocenters. The van der Waals surface area contributed by atoms with Crippen LogP contribution >= 0.6 is 23.1 Å². The van der Waals surface area contributed by atoms with Gasteiger partial charge in [0.25, 0.3) is 5.56 Å². The number of rotatable bonds is 6. The number of hydrogen-bond acceptors (Lipinski definition) is 8. The van der Waals surface area contributed by atoms with Crippen molar-refractivity contribution in [2.45, 2.75) is 5.16 Å². The molecule has 0 saturated heterocycles. The second kappa shape index (κ2) is 8.80. The average Bonchev–Trinajstić information content (AvgIpc) is 3.22. The maximum atomic E-state index is 14.5. The Bertz CT molecular complexity index is 1420. The van der Waals surface area contributed by atoms with E-state index in [0.29, 0.717) is 22.9 Å². The van der Waals surface area contributed by atoms with Crippen molar-refractivity contribution < 1.29 is 18.5 Å². The molecule has 32 heavy (non-hydrogen) atoms. The van der Waals surface area contributed by atoms with Gasteiger partial charge < -0.3 is 5.32 Å². The molecule has 1 amide bonds. The van der Waals surface area contributed by atoms with Crippen LogP contribution in [-0.4, -0.2) is 31.1 Å². The lowest BCUT2D eigenvalue weighted by Gasteiger charge is -2.13. The summed E-state index contributed by atoms with van der Waals surface area (Å²) in [4.78, 5) is 43.6. The number of hydrogen-bond donors (Lipinski definition) is 1. The fourth-order valence-corrected chi connectivity index (χ4v) is 4.23. The number of fused-ring (bicyclic) bond motifs is 1. The van der Waals surface area contributed by atoms with Crippen molar-refractivity contribution in [3.63, 3.8) is 0 Å². The molecule has 9 nitrogen and oxygen atoms in total. The topological polar surface area (TPSA) is 120 Å². The smallest absolute Gasteiger partial charge is 0.301 e. The molecule has 4 aromatic rings. The average molecular weight is 475 g/mol. The summed E-state index contributed by atoms with van der Waals surface area (Å²) in [7, 11) is 0. The number of nitro groups is 1. The predicted molar refractivity (Wildman–Crippen MR) is 115 cm³/mol. The number of halogens is 2. The van der Waals surface area contributed by atoms with Crippen LogP contribution in [0.15, 0.2) is 58.6 Å². The molecule has 1 N–H and O–H groups in total. The highest BCUT2D eigenvalue weighted by Crippen LogP contribution is 2.26. The van der Waals surface area contributed by atoms with E-state index in [9.17, 15) is 28.5 Å². The number of benzene rings is 2. The van der Waals surface area contributed by atoms with E-state index in [1.165, 1.54) is 6.07 Å². The third-order valence-corrected chi connectivity index (χ3v) is 5.95. The lowest BCUT2D eigenvalue weighted by atomic mass is 10.2. The van der Waals surface area contributed by atoms with Crippen LogP contribution in [0, 0.1) is 21.7 Å². The van der Waals surface area contributed by atoms with Gasteiger partial charge in [0.15, 0.2) is 10.3 Å². The maximum Gasteiger partial charge on any atom is 0.345 e. The Morgan fingerprint density at radius 3 is 2.75 bits per heavy atom. The first kappa shape index (κ1) is 21.5. The van der Waals surface area contributed by atoms with Gasteiger partial charge in [-0.25, -0.2) is 18.7 Å². The van der Waals surface area contributed by atoms with Crippen molar-refractivity contribution >= 4 is 50.0 Å². The molecule has 2 aromatic carbocycles. The normalized spacial score (nSPS) is 10.9. The number of aromatic nitrogens is 3. The van der Waals surface area contributed by atoms with Gasteiger partial charge in [0, 0.05) is 6.07 Å². The van der Waals surface area contributed by atoms with Crippen molar-refractivity contribution in [2.24, 2.45) is 0 Å². The largest absolute Gasteiger partial charge is 0.345 e. The minimum atomic E-state index is -0.967. The van der Waals surface area contributed by atoms with Gasteiger partial charge in [0.2, 0.25) is 5.91 Å². The highest BCUT2D eigenvalue weighted by Gasteiger charge is 2.19. The van der Waals surface area contributed by atoms with Crippen LogP contribution in [0.25, 0.3) is 16.6 Å². The van der Waals surface area contributed by atoms with E-state index in [2.05, 4.69) is 15.3 Å². The molecule has 0 spiro atoms. The van der Waals surface area contributed by atoms with E-state index >= 15 is 0 Å². The zero-order valence-electron chi connectivity index (χ0n) is 15.8. The Kier molecular flexibility index (Phi) is 5.92. The van der Waals surface area contributed by atoms with Crippen molar-refractivity contribution in [3.8, 4) is 5.69 Å². The summed E-state index contributed by atoms with van der Waals surface area (Å²) in [5, 5.41) is 13.2. The minimum absolute atomic E-state index is 0.0134. The Morgan fingerprint density at radius 2 is 2.03 bits per heavy atom. The van der Waals surface area contributed by atoms with Gasteiger partial charge in [-0.05, 0) is 35.6 Å². The van der Waals surface area contributed by atoms with Crippen molar-refractivity contribution in [3.05, 3.63) is 80.8 Å². The molecule has 0 bridgehead atoms. The molecule has 2 heterocycles. The number of nitrogens with one attached hydrogen (secondary N) is 1. The van der Waals surface area contributed by atoms with Gasteiger partial charge in [0.05, 0.1) is 27.3 Å². The lowest BCUT2D eigenvalue weighted by molar-refractivity contribution is -0.380. The summed E-state index contributed by atoms with van der Waals surface area (Å²) in [6.45, 7) is 0. The molecule has 0 atom stereocenters. The van der Waals surface area contributed by atoms with Gasteiger partial charge in [-0.2, -0.15) is 0 Å². The highest BCUT2D eigenvalue weighted by atomic mass is 32.2. The summed E-state index contributed by atoms with van der Waals surface area (Å²) in [6, 6.07) is 9.20. The van der Waals surface area contributed by atoms with Gasteiger partial charge in [0.1, 0.15) is 17.8 Å². The van der Waals surface area contributed by atoms with Crippen molar-refractivity contribution in [2.75, 3.05) is 11.1 Å². The SMILES string of the molecule is O=C(CSc1nc2ccccc2c(=O)n1-c1ccc(F)cc1F)Nc1ncc([N+](=O)[O-])s1. The maximum absolute atomic E-state index is 14.5. The molecule has 0 saturated carbocycles. The van der Waals surface area contributed by atoms with E-state index in [1.54, 1.807) is 18.2 Å². The van der Waals surface area contributed by atoms with E-state index < -0.39 is 28.0 Å². The van der Waals surface area contributed by atoms with Crippen LogP contribution in [0.3, 0.4) is 0 Å². The number of anilines is 1. The molecule has 0 fully saturated rings. The first-order chi connectivity index (χ1) is 15.3. The first-order valence-corrected chi connectivity index (χ1v) is 10.6. The first-order valence-electron chi connectivity index (χ1n) is 8.83. The van der Waals surface area contributed by atoms with Crippen LogP contribution in [0.5, 0.6) is 0 Å². The molecule has 0 radical (unpaired) electrons. The number of nitrogens with zero attached hydrogens (tertiary/aromatic N) is 4. The fourth-order valence-electron chi connectivity index (χ4n) is 2.78. The van der Waals surface area contributed by atoms with Crippen molar-refractivity contribution in [1.29, 1.82) is 0 Å². The number of amides is 1. The Labute approximate surface area is 185 Å². The van der Waals surface area contributed by atoms with Crippen LogP contribution in [0.4, 0.5) is 18.9 Å². The number of thioether (sulfide) groups is 1. The summed E-state index contributed by atoms with van der Waals surface area (Å²) < 4.78 is 28.8. The van der Waals surface area contributed by atoms with Gasteiger partial charge in [-0.15, -0.1) is 0 Å². The van der Waals surface area contributed by atoms with Gasteiger partial charge >= 0.3 is 5.00 Å². The number of carbonyl (C=O) groups excluding carboxylic acids is 1. The molecule has 4 rings (SSSR count). The summed E-state index contributed by atoms with van der Waals surface area (Å²) in [5.74, 6) is -2.58. The standard InChI is InChI=1S/C19H11F2N5O4S2/c20-10-5-6-14(12(21)7-10)25-17(28)11-3-1-2-4-13(11)23-19(25)31-9-15(27)24-18-22-8-16(32-18)26(29)30/h1-8H,9H2,(H,22,24,27). The van der Waals surface area contributed by atoms with Gasteiger partial charge in [-0.1, -0.05) is 23.9 Å². The molecular weight excluding hydrogens is 464 g/mol. The number of carbonyl (C=O) groups is 1. The second-order valence-electron chi connectivity index (χ2n) is 6.25. The molecular formula is C19H11F2N5O4S2. The summed E-state index contributed by atoms with van der Waals surface area (Å²) in [5.41, 5.74) is -0.456. The molecule has 0 aliphatic heterocycles. The minimum Gasteiger partial charge on any atom is -0.301 e. The Hall–Kier alpha value is -3.71. The third kappa shape index (κ3) is 4.33. The van der Waals surface area contributed by atoms with Crippen LogP contribution in [0.1, 0.15) is 0 Å². The van der Waals surface area contributed by atoms with E-state index in [-0.39, 0.29) is 32.1 Å². The zero-order valence-corrected chi connectivity index (χ0v) is 17.5. The lowest BCUT2D eigenvalue weighted by Crippen LogP contribution is -2.23. The number of para-hydroxylation sites is 1. The zero-order chi connectivity index (χ0) is 22.8. The van der Waals surface area contributed by atoms with Crippen LogP contribution < -0.4 is 10.9 Å². The molecule has 162 valence electrons. The fraction of sp³-hybridized carbons (Fsp3) is 0.0526. The quantitative estimate of drug-likeness (QED) is 0.195. The van der Waals surface area contributed by atoms with E-state index in [1.807, 2.05) is 0 Å². The molecule has 0 aliphatic rings. The summed E-state index contributed by atoms with van der Waals surface area (Å²) in [6.07, 6.45) is 1.02. The Morgan fingerprint density at radius 1 is 1.25 bits per heavy atom. The second-order valence-corrected chi connectivity index (χ2v) is 8.20. The monoisotopic (exact) mass is 475 g/mol. The predicted octanol–water partition coefficient (Wildman–Crippen LogP) is 3.76. The van der Waals surface area contributed by atoms with Crippen LogP contribution in [0.2, 0.25) is 0 Å². The van der Waals surface area contributed by atoms with Crippen LogP contribution in [-0.2, 0) is 4.79 Å². The molecule has 2 aromatic heterocycles. The van der Waals surface area contributed by atoms with Crippen molar-refractivity contribution in [1.82, 2.24) is 14.5 Å². The third-order valence-electron chi connectivity index (χ3n) is 4.15. The van der Waals surface area contributed by atoms with Gasteiger partial charge in [-0.3, -0.25) is 24.3 Å². The Balaban J connectivity index is 1.67. The molecule has 0 aliphatic carbocycles. The number of thiazole rings is 1. The van der Waals surface area contributed by atoms with E-state index in [4.69, 9.17) is 0 Å². The van der Waals surface area contributed by atoms with E-state index in [0.717, 1.165) is 34.7 Å². The summed E-state index contributed by atoms with van der Waals surface area (Å²) >= 11 is 1.54. The molecule has 13 heteroatoms. The highest BCUT2D eigenvalue weighted by molar-refractivity contribution is 7.99.